The molecule has 29 heavy (non-hydrogen) atoms. The number of fused-ring (bicyclic) bond motifs is 2. The van der Waals surface area contributed by atoms with Gasteiger partial charge in [0.2, 0.25) is 0 Å². The normalized spacial score (nSPS) is 16.0. The lowest BCUT2D eigenvalue weighted by Crippen LogP contribution is -2.22. The number of rotatable bonds is 6. The first kappa shape index (κ1) is 19.4. The lowest BCUT2D eigenvalue weighted by Gasteiger charge is -2.02. The number of amidine groups is 1. The Morgan fingerprint density at radius 3 is 2.90 bits per heavy atom. The summed E-state index contributed by atoms with van der Waals surface area (Å²) in [5.74, 6) is -0.0648. The van der Waals surface area contributed by atoms with Crippen LogP contribution in [-0.4, -0.2) is 36.2 Å². The highest BCUT2D eigenvalue weighted by Crippen LogP contribution is 2.22. The van der Waals surface area contributed by atoms with E-state index in [1.807, 2.05) is 0 Å². The van der Waals surface area contributed by atoms with Crippen molar-refractivity contribution in [1.82, 2.24) is 14.1 Å². The Labute approximate surface area is 172 Å². The standard InChI is InChI=1S/C19H17ClN4O4S/c20-13-7-8-17-22-14(11-24(17)10-13)12-28-18(25)6-3-9-21-19-15-4-1-2-5-16(15)29(26,27)23-19/h1-2,4-5,7-8,10-11H,3,6,9,12H2,(H,21,23). The van der Waals surface area contributed by atoms with Crippen LogP contribution in [0.15, 0.2) is 58.7 Å². The number of benzene rings is 1. The van der Waals surface area contributed by atoms with Gasteiger partial charge in [0.05, 0.1) is 15.6 Å². The minimum atomic E-state index is -3.55. The Kier molecular flexibility index (Phi) is 5.25. The third kappa shape index (κ3) is 4.25. The minimum absolute atomic E-state index is 0.0693. The predicted molar refractivity (Wildman–Crippen MR) is 107 cm³/mol. The number of imidazole rings is 1. The van der Waals surface area contributed by atoms with Gasteiger partial charge in [0.15, 0.2) is 0 Å². The zero-order chi connectivity index (χ0) is 20.4. The first-order chi connectivity index (χ1) is 13.9. The fourth-order valence-electron chi connectivity index (χ4n) is 2.98. The van der Waals surface area contributed by atoms with Crippen LogP contribution >= 0.6 is 11.6 Å². The second kappa shape index (κ2) is 7.84. The number of aromatic nitrogens is 2. The first-order valence-corrected chi connectivity index (χ1v) is 10.7. The van der Waals surface area contributed by atoms with E-state index in [0.29, 0.717) is 35.1 Å². The molecule has 3 heterocycles. The molecule has 1 N–H and O–H groups in total. The van der Waals surface area contributed by atoms with Crippen molar-refractivity contribution in [3.8, 4) is 0 Å². The number of hydrogen-bond donors (Lipinski definition) is 1. The third-order valence-corrected chi connectivity index (χ3v) is 5.94. The molecular formula is C19H17ClN4O4S. The lowest BCUT2D eigenvalue weighted by molar-refractivity contribution is -0.145. The van der Waals surface area contributed by atoms with E-state index in [0.717, 1.165) is 5.65 Å². The molecule has 1 aliphatic heterocycles. The number of nitrogens with one attached hydrogen (secondary N) is 1. The molecular weight excluding hydrogens is 416 g/mol. The van der Waals surface area contributed by atoms with Crippen molar-refractivity contribution < 1.29 is 17.9 Å². The molecule has 1 aromatic carbocycles. The molecule has 0 atom stereocenters. The van der Waals surface area contributed by atoms with Crippen molar-refractivity contribution in [2.45, 2.75) is 24.3 Å². The SMILES string of the molecule is O=C(CCCN=C1NS(=O)(=O)c2ccccc21)OCc1cn2cc(Cl)ccc2n1. The van der Waals surface area contributed by atoms with Crippen LogP contribution in [-0.2, 0) is 26.2 Å². The van der Waals surface area contributed by atoms with Gasteiger partial charge in [0.25, 0.3) is 10.0 Å². The van der Waals surface area contributed by atoms with Gasteiger partial charge in [-0.25, -0.2) is 13.4 Å². The molecule has 1 aliphatic rings. The predicted octanol–water partition coefficient (Wildman–Crippen LogP) is 2.55. The largest absolute Gasteiger partial charge is 0.459 e. The lowest BCUT2D eigenvalue weighted by atomic mass is 10.2. The Morgan fingerprint density at radius 1 is 1.21 bits per heavy atom. The van der Waals surface area contributed by atoms with Crippen LogP contribution in [0.3, 0.4) is 0 Å². The van der Waals surface area contributed by atoms with Crippen molar-refractivity contribution in [2.24, 2.45) is 4.99 Å². The molecule has 10 heteroatoms. The van der Waals surface area contributed by atoms with Gasteiger partial charge in [0, 0.05) is 30.9 Å². The van der Waals surface area contributed by atoms with E-state index in [-0.39, 0.29) is 23.9 Å². The fraction of sp³-hybridized carbons (Fsp3) is 0.211. The number of nitrogens with zero attached hydrogens (tertiary/aromatic N) is 3. The summed E-state index contributed by atoms with van der Waals surface area (Å²) in [6.07, 6.45) is 4.09. The van der Waals surface area contributed by atoms with Gasteiger partial charge in [-0.05, 0) is 30.7 Å². The summed E-state index contributed by atoms with van der Waals surface area (Å²) in [6, 6.07) is 10.2. The van der Waals surface area contributed by atoms with Crippen LogP contribution in [0.2, 0.25) is 5.02 Å². The second-order valence-electron chi connectivity index (χ2n) is 6.44. The molecule has 0 fully saturated rings. The number of esters is 1. The molecule has 0 saturated heterocycles. The highest BCUT2D eigenvalue weighted by Gasteiger charge is 2.29. The van der Waals surface area contributed by atoms with Crippen molar-refractivity contribution >= 4 is 39.1 Å². The zero-order valence-corrected chi connectivity index (χ0v) is 16.8. The number of carbonyl (C=O) groups is 1. The maximum absolute atomic E-state index is 12.0. The van der Waals surface area contributed by atoms with Crippen LogP contribution in [0, 0.1) is 0 Å². The molecule has 3 aromatic rings. The van der Waals surface area contributed by atoms with E-state index >= 15 is 0 Å². The molecule has 0 radical (unpaired) electrons. The van der Waals surface area contributed by atoms with Gasteiger partial charge in [-0.2, -0.15) is 0 Å². The average Bonchev–Trinajstić information content (AvgIpc) is 3.21. The molecule has 0 bridgehead atoms. The maximum atomic E-state index is 12.0. The van der Waals surface area contributed by atoms with Gasteiger partial charge in [0.1, 0.15) is 18.1 Å². The Morgan fingerprint density at radius 2 is 2.03 bits per heavy atom. The fourth-order valence-corrected chi connectivity index (χ4v) is 4.40. The third-order valence-electron chi connectivity index (χ3n) is 4.32. The monoisotopic (exact) mass is 432 g/mol. The minimum Gasteiger partial charge on any atom is -0.459 e. The Hall–Kier alpha value is -2.91. The van der Waals surface area contributed by atoms with E-state index in [2.05, 4.69) is 14.7 Å². The average molecular weight is 433 g/mol. The van der Waals surface area contributed by atoms with Crippen LogP contribution < -0.4 is 4.72 Å². The molecule has 0 aliphatic carbocycles. The number of ether oxygens (including phenoxy) is 1. The van der Waals surface area contributed by atoms with Crippen molar-refractivity contribution in [1.29, 1.82) is 0 Å². The molecule has 4 rings (SSSR count). The summed E-state index contributed by atoms with van der Waals surface area (Å²) >= 11 is 5.93. The summed E-state index contributed by atoms with van der Waals surface area (Å²) in [4.78, 5) is 20.8. The number of halogens is 1. The number of aliphatic imine (C=N–C) groups is 1. The van der Waals surface area contributed by atoms with Crippen molar-refractivity contribution in [2.75, 3.05) is 6.54 Å². The second-order valence-corrected chi connectivity index (χ2v) is 8.53. The topological polar surface area (TPSA) is 102 Å². The van der Waals surface area contributed by atoms with Gasteiger partial charge >= 0.3 is 5.97 Å². The van der Waals surface area contributed by atoms with Crippen molar-refractivity contribution in [3.05, 3.63) is 65.1 Å². The van der Waals surface area contributed by atoms with Gasteiger partial charge < -0.3 is 9.14 Å². The van der Waals surface area contributed by atoms with E-state index in [1.54, 1.807) is 47.1 Å². The smallest absolute Gasteiger partial charge is 0.306 e. The van der Waals surface area contributed by atoms with Crippen molar-refractivity contribution in [3.63, 3.8) is 0 Å². The Bertz CT molecular complexity index is 1220. The number of carbonyl (C=O) groups excluding carboxylic acids is 1. The van der Waals surface area contributed by atoms with E-state index in [9.17, 15) is 13.2 Å². The molecule has 8 nitrogen and oxygen atoms in total. The summed E-state index contributed by atoms with van der Waals surface area (Å²) in [7, 11) is -3.55. The Balaban J connectivity index is 1.28. The highest BCUT2D eigenvalue weighted by atomic mass is 35.5. The summed E-state index contributed by atoms with van der Waals surface area (Å²) < 4.78 is 33.5. The quantitative estimate of drug-likeness (QED) is 0.476. The summed E-state index contributed by atoms with van der Waals surface area (Å²) in [5.41, 5.74) is 1.88. The molecule has 0 spiro atoms. The molecule has 0 amide bonds. The van der Waals surface area contributed by atoms with E-state index in [4.69, 9.17) is 16.3 Å². The number of hydrogen-bond acceptors (Lipinski definition) is 6. The molecule has 0 unspecified atom stereocenters. The van der Waals surface area contributed by atoms with Gasteiger partial charge in [-0.1, -0.05) is 23.7 Å². The number of sulfonamides is 1. The molecule has 2 aromatic heterocycles. The highest BCUT2D eigenvalue weighted by molar-refractivity contribution is 7.90. The summed E-state index contributed by atoms with van der Waals surface area (Å²) in [6.45, 7) is 0.369. The first-order valence-electron chi connectivity index (χ1n) is 8.88. The number of pyridine rings is 1. The van der Waals surface area contributed by atoms with Crippen LogP contribution in [0.1, 0.15) is 24.1 Å². The van der Waals surface area contributed by atoms with Gasteiger partial charge in [-0.3, -0.25) is 14.5 Å². The molecule has 0 saturated carbocycles. The van der Waals surface area contributed by atoms with Gasteiger partial charge in [-0.15, -0.1) is 0 Å². The van der Waals surface area contributed by atoms with Crippen LogP contribution in [0.25, 0.3) is 5.65 Å². The van der Waals surface area contributed by atoms with Crippen LogP contribution in [0.4, 0.5) is 0 Å². The molecule has 150 valence electrons. The summed E-state index contributed by atoms with van der Waals surface area (Å²) in [5, 5.41) is 0.590. The van der Waals surface area contributed by atoms with E-state index < -0.39 is 10.0 Å². The zero-order valence-electron chi connectivity index (χ0n) is 15.2. The van der Waals surface area contributed by atoms with Crippen LogP contribution in [0.5, 0.6) is 0 Å². The van der Waals surface area contributed by atoms with E-state index in [1.165, 1.54) is 6.07 Å². The maximum Gasteiger partial charge on any atom is 0.306 e.